The van der Waals surface area contributed by atoms with Gasteiger partial charge >= 0.3 is 0 Å². The van der Waals surface area contributed by atoms with E-state index in [9.17, 15) is 14.3 Å². The number of aliphatic hydroxyl groups excluding tert-OH is 1. The Labute approximate surface area is 121 Å². The molecule has 0 unspecified atom stereocenters. The molecule has 1 spiro atoms. The van der Waals surface area contributed by atoms with Crippen LogP contribution in [0.4, 0.5) is 4.39 Å². The van der Waals surface area contributed by atoms with E-state index < -0.39 is 23.2 Å². The third-order valence-electron chi connectivity index (χ3n) is 4.96. The summed E-state index contributed by atoms with van der Waals surface area (Å²) in [6.07, 6.45) is 3.00. The molecule has 1 amide bonds. The second-order valence-corrected chi connectivity index (χ2v) is 6.43. The van der Waals surface area contributed by atoms with Crippen molar-refractivity contribution in [3.63, 3.8) is 0 Å². The number of hydrogen-bond donors (Lipinski definition) is 1. The number of fused-ring (bicyclic) bond motifs is 1. The minimum absolute atomic E-state index is 0.136. The van der Waals surface area contributed by atoms with Crippen LogP contribution in [0, 0.1) is 5.82 Å². The lowest BCUT2D eigenvalue weighted by molar-refractivity contribution is -0.185. The van der Waals surface area contributed by atoms with Crippen LogP contribution in [0.1, 0.15) is 44.3 Å². The van der Waals surface area contributed by atoms with Crippen molar-refractivity contribution in [3.05, 3.63) is 29.8 Å². The fourth-order valence-corrected chi connectivity index (χ4v) is 3.99. The Hall–Kier alpha value is -1.53. The minimum atomic E-state index is -0.905. The first kappa shape index (κ1) is 13.2. The van der Waals surface area contributed by atoms with Gasteiger partial charge in [-0.1, -0.05) is 0 Å². The largest absolute Gasteiger partial charge is 0.393 e. The minimum Gasteiger partial charge on any atom is -0.393 e. The predicted octanol–water partition coefficient (Wildman–Crippen LogP) is 1.52. The molecule has 112 valence electrons. The molecule has 0 radical (unpaired) electrons. The van der Waals surface area contributed by atoms with Gasteiger partial charge in [0, 0.05) is 19.0 Å². The molecule has 0 aromatic carbocycles. The van der Waals surface area contributed by atoms with Gasteiger partial charge < -0.3 is 14.7 Å². The monoisotopic (exact) mass is 292 g/mol. The summed E-state index contributed by atoms with van der Waals surface area (Å²) in [6, 6.07) is 2.52. The first-order chi connectivity index (χ1) is 9.95. The van der Waals surface area contributed by atoms with Crippen LogP contribution in [0.15, 0.2) is 18.3 Å². The highest BCUT2D eigenvalue weighted by atomic mass is 19.1. The highest BCUT2D eigenvalue weighted by Gasteiger charge is 2.67. The number of aliphatic hydroxyl groups is 1. The van der Waals surface area contributed by atoms with E-state index in [1.165, 1.54) is 6.07 Å². The third kappa shape index (κ3) is 1.63. The molecule has 4 rings (SSSR count). The summed E-state index contributed by atoms with van der Waals surface area (Å²) in [5.74, 6) is -0.531. The van der Waals surface area contributed by atoms with Crippen LogP contribution in [-0.4, -0.2) is 38.3 Å². The number of hydrogen-bond acceptors (Lipinski definition) is 4. The van der Waals surface area contributed by atoms with E-state index in [1.54, 1.807) is 17.2 Å². The molecule has 1 aliphatic carbocycles. The topological polar surface area (TPSA) is 62.7 Å². The second-order valence-electron chi connectivity index (χ2n) is 6.43. The van der Waals surface area contributed by atoms with E-state index in [0.717, 1.165) is 0 Å². The van der Waals surface area contributed by atoms with E-state index >= 15 is 0 Å². The van der Waals surface area contributed by atoms with E-state index in [1.807, 2.05) is 6.92 Å². The SMILES string of the molecule is C[C@@]12CC[C@@H](c3ncccc3F)N1C(=O)C1(CC(O)C1)O2. The highest BCUT2D eigenvalue weighted by Crippen LogP contribution is 2.55. The summed E-state index contributed by atoms with van der Waals surface area (Å²) in [5, 5.41) is 9.54. The van der Waals surface area contributed by atoms with E-state index in [0.29, 0.717) is 31.4 Å². The van der Waals surface area contributed by atoms with Crippen molar-refractivity contribution in [1.29, 1.82) is 0 Å². The maximum atomic E-state index is 14.0. The number of aromatic nitrogens is 1. The molecule has 1 aromatic heterocycles. The average Bonchev–Trinajstić information content (AvgIpc) is 2.83. The summed E-state index contributed by atoms with van der Waals surface area (Å²) in [4.78, 5) is 18.5. The molecule has 21 heavy (non-hydrogen) atoms. The van der Waals surface area contributed by atoms with Crippen LogP contribution in [0.25, 0.3) is 0 Å². The quantitative estimate of drug-likeness (QED) is 0.852. The third-order valence-corrected chi connectivity index (χ3v) is 4.96. The number of carbonyl (C=O) groups excluding carboxylic acids is 1. The molecule has 3 heterocycles. The predicted molar refractivity (Wildman–Crippen MR) is 70.5 cm³/mol. The highest BCUT2D eigenvalue weighted by molar-refractivity contribution is 5.89. The summed E-state index contributed by atoms with van der Waals surface area (Å²) in [6.45, 7) is 1.87. The summed E-state index contributed by atoms with van der Waals surface area (Å²) < 4.78 is 20.1. The lowest BCUT2D eigenvalue weighted by Gasteiger charge is -2.40. The molecular formula is C15H17FN2O3. The molecular weight excluding hydrogens is 275 g/mol. The number of pyridine rings is 1. The van der Waals surface area contributed by atoms with Gasteiger partial charge in [-0.2, -0.15) is 0 Å². The van der Waals surface area contributed by atoms with E-state index in [-0.39, 0.29) is 11.9 Å². The number of nitrogens with zero attached hydrogens (tertiary/aromatic N) is 2. The summed E-state index contributed by atoms with van der Waals surface area (Å²) in [7, 11) is 0. The first-order valence-corrected chi connectivity index (χ1v) is 7.28. The molecule has 3 fully saturated rings. The fourth-order valence-electron chi connectivity index (χ4n) is 3.99. The number of carbonyl (C=O) groups is 1. The van der Waals surface area contributed by atoms with Crippen LogP contribution in [0.2, 0.25) is 0 Å². The van der Waals surface area contributed by atoms with Gasteiger partial charge in [-0.05, 0) is 31.9 Å². The van der Waals surface area contributed by atoms with Gasteiger partial charge in [0.2, 0.25) is 0 Å². The van der Waals surface area contributed by atoms with E-state index in [4.69, 9.17) is 4.74 Å². The van der Waals surface area contributed by atoms with Crippen molar-refractivity contribution < 1.29 is 19.0 Å². The molecule has 1 aromatic rings. The number of ether oxygens (including phenoxy) is 1. The maximum Gasteiger partial charge on any atom is 0.257 e. The average molecular weight is 292 g/mol. The van der Waals surface area contributed by atoms with Crippen LogP contribution < -0.4 is 0 Å². The molecule has 5 nitrogen and oxygen atoms in total. The molecule has 2 aliphatic heterocycles. The van der Waals surface area contributed by atoms with Crippen LogP contribution >= 0.6 is 0 Å². The van der Waals surface area contributed by atoms with Gasteiger partial charge in [0.05, 0.1) is 17.8 Å². The Balaban J connectivity index is 1.71. The van der Waals surface area contributed by atoms with Crippen LogP contribution in [0.5, 0.6) is 0 Å². The van der Waals surface area contributed by atoms with Gasteiger partial charge in [-0.3, -0.25) is 9.78 Å². The fraction of sp³-hybridized carbons (Fsp3) is 0.600. The second kappa shape index (κ2) is 4.01. The van der Waals surface area contributed by atoms with Crippen molar-refractivity contribution in [2.45, 2.75) is 56.1 Å². The van der Waals surface area contributed by atoms with Crippen molar-refractivity contribution in [2.24, 2.45) is 0 Å². The number of halogens is 1. The van der Waals surface area contributed by atoms with E-state index in [2.05, 4.69) is 4.98 Å². The Kier molecular flexibility index (Phi) is 2.52. The molecule has 2 saturated heterocycles. The van der Waals surface area contributed by atoms with Crippen molar-refractivity contribution in [1.82, 2.24) is 9.88 Å². The van der Waals surface area contributed by atoms with Gasteiger partial charge in [0.1, 0.15) is 11.5 Å². The van der Waals surface area contributed by atoms with Gasteiger partial charge in [-0.25, -0.2) is 4.39 Å². The Morgan fingerprint density at radius 3 is 2.95 bits per heavy atom. The van der Waals surface area contributed by atoms with Gasteiger partial charge in [0.25, 0.3) is 5.91 Å². The zero-order valence-corrected chi connectivity index (χ0v) is 11.8. The van der Waals surface area contributed by atoms with Gasteiger partial charge in [-0.15, -0.1) is 0 Å². The molecule has 2 atom stereocenters. The Bertz CT molecular complexity index is 617. The van der Waals surface area contributed by atoms with Gasteiger partial charge in [0.15, 0.2) is 5.60 Å². The summed E-state index contributed by atoms with van der Waals surface area (Å²) in [5.41, 5.74) is -1.32. The molecule has 0 bridgehead atoms. The molecule has 1 N–H and O–H groups in total. The molecule has 6 heteroatoms. The van der Waals surface area contributed by atoms with Crippen molar-refractivity contribution in [3.8, 4) is 0 Å². The van der Waals surface area contributed by atoms with Crippen molar-refractivity contribution >= 4 is 5.91 Å². The molecule has 1 saturated carbocycles. The van der Waals surface area contributed by atoms with Crippen molar-refractivity contribution in [2.75, 3.05) is 0 Å². The molecule has 3 aliphatic rings. The first-order valence-electron chi connectivity index (χ1n) is 7.28. The Morgan fingerprint density at radius 1 is 1.52 bits per heavy atom. The Morgan fingerprint density at radius 2 is 2.29 bits per heavy atom. The number of rotatable bonds is 1. The maximum absolute atomic E-state index is 14.0. The lowest BCUT2D eigenvalue weighted by atomic mass is 9.76. The normalized spacial score (nSPS) is 41.5. The number of amides is 1. The van der Waals surface area contributed by atoms with Crippen LogP contribution in [-0.2, 0) is 9.53 Å². The lowest BCUT2D eigenvalue weighted by Crippen LogP contribution is -2.54. The standard InChI is InChI=1S/C15H17FN2O3/c1-14-5-4-11(12-10(16)3-2-6-17-12)18(14)13(20)15(21-14)7-9(19)8-15/h2-3,6,9,11,19H,4-5,7-8H2,1H3/t9?,11-,14+,15?/m0/s1. The van der Waals surface area contributed by atoms with Crippen LogP contribution in [0.3, 0.4) is 0 Å². The summed E-state index contributed by atoms with van der Waals surface area (Å²) >= 11 is 0. The zero-order valence-electron chi connectivity index (χ0n) is 11.8. The zero-order chi connectivity index (χ0) is 14.8. The smallest absolute Gasteiger partial charge is 0.257 e.